The molecule has 0 unspecified atom stereocenters. The van der Waals surface area contributed by atoms with Gasteiger partial charge >= 0.3 is 0 Å². The normalized spacial score (nSPS) is 10.5. The Bertz CT molecular complexity index is 737. The van der Waals surface area contributed by atoms with E-state index in [2.05, 4.69) is 24.5 Å². The van der Waals surface area contributed by atoms with E-state index >= 15 is 0 Å². The molecule has 0 spiro atoms. The monoisotopic (exact) mass is 368 g/mol. The molecule has 2 N–H and O–H groups in total. The van der Waals surface area contributed by atoms with Crippen LogP contribution in [0.5, 0.6) is 5.75 Å². The molecular formula is C22H28N2O3. The molecule has 0 aliphatic carbocycles. The Balaban J connectivity index is 1.79. The zero-order chi connectivity index (χ0) is 19.6. The Kier molecular flexibility index (Phi) is 7.86. The fourth-order valence-corrected chi connectivity index (χ4v) is 2.56. The first-order valence-electron chi connectivity index (χ1n) is 9.29. The van der Waals surface area contributed by atoms with Crippen LogP contribution in [0.15, 0.2) is 48.5 Å². The molecule has 0 aliphatic rings. The average molecular weight is 368 g/mol. The first-order valence-corrected chi connectivity index (χ1v) is 9.29. The van der Waals surface area contributed by atoms with Gasteiger partial charge in [-0.2, -0.15) is 0 Å². The minimum Gasteiger partial charge on any atom is -0.497 e. The predicted octanol–water partition coefficient (Wildman–Crippen LogP) is 3.44. The van der Waals surface area contributed by atoms with Gasteiger partial charge in [-0.1, -0.05) is 26.0 Å². The average Bonchev–Trinajstić information content (AvgIpc) is 2.68. The van der Waals surface area contributed by atoms with Gasteiger partial charge in [0.25, 0.3) is 11.8 Å². The summed E-state index contributed by atoms with van der Waals surface area (Å²) >= 11 is 0. The molecule has 0 atom stereocenters. The molecule has 0 saturated carbocycles. The molecule has 27 heavy (non-hydrogen) atoms. The SMILES string of the molecule is COc1ccc(CCNC(=O)c2ccc(C(=O)NCCC(C)C)cc2)cc1. The summed E-state index contributed by atoms with van der Waals surface area (Å²) in [6, 6.07) is 14.5. The summed E-state index contributed by atoms with van der Waals surface area (Å²) in [5, 5.41) is 5.79. The number of benzene rings is 2. The van der Waals surface area contributed by atoms with Crippen molar-refractivity contribution in [2.75, 3.05) is 20.2 Å². The summed E-state index contributed by atoms with van der Waals surface area (Å²) in [6.07, 6.45) is 1.69. The standard InChI is InChI=1S/C22H28N2O3/c1-16(2)12-14-23-21(25)18-6-8-19(9-7-18)22(26)24-15-13-17-4-10-20(27-3)11-5-17/h4-11,16H,12-15H2,1-3H3,(H,23,25)(H,24,26). The van der Waals surface area contributed by atoms with Gasteiger partial charge in [0.15, 0.2) is 0 Å². The van der Waals surface area contributed by atoms with E-state index in [1.54, 1.807) is 31.4 Å². The van der Waals surface area contributed by atoms with Crippen molar-refractivity contribution in [3.63, 3.8) is 0 Å². The Morgan fingerprint density at radius 1 is 0.852 bits per heavy atom. The van der Waals surface area contributed by atoms with Gasteiger partial charge in [0.2, 0.25) is 0 Å². The Morgan fingerprint density at radius 3 is 1.85 bits per heavy atom. The topological polar surface area (TPSA) is 67.4 Å². The summed E-state index contributed by atoms with van der Waals surface area (Å²) in [7, 11) is 1.63. The van der Waals surface area contributed by atoms with E-state index in [0.717, 1.165) is 24.2 Å². The lowest BCUT2D eigenvalue weighted by Gasteiger charge is -2.09. The fourth-order valence-electron chi connectivity index (χ4n) is 2.56. The third-order valence-electron chi connectivity index (χ3n) is 4.27. The molecule has 2 amide bonds. The highest BCUT2D eigenvalue weighted by Gasteiger charge is 2.09. The number of methoxy groups -OCH3 is 1. The molecule has 5 nitrogen and oxygen atoms in total. The van der Waals surface area contributed by atoms with E-state index in [0.29, 0.717) is 30.1 Å². The Labute approximate surface area is 161 Å². The molecular weight excluding hydrogens is 340 g/mol. The van der Waals surface area contributed by atoms with E-state index in [9.17, 15) is 9.59 Å². The van der Waals surface area contributed by atoms with Crippen LogP contribution in [-0.4, -0.2) is 32.0 Å². The second-order valence-corrected chi connectivity index (χ2v) is 6.87. The number of amides is 2. The van der Waals surface area contributed by atoms with Gasteiger partial charge in [-0.15, -0.1) is 0 Å². The molecule has 0 aromatic heterocycles. The number of hydrogen-bond donors (Lipinski definition) is 2. The molecule has 144 valence electrons. The molecule has 0 bridgehead atoms. The van der Waals surface area contributed by atoms with Crippen LogP contribution in [-0.2, 0) is 6.42 Å². The summed E-state index contributed by atoms with van der Waals surface area (Å²) in [5.41, 5.74) is 2.24. The number of carbonyl (C=O) groups is 2. The molecule has 0 aliphatic heterocycles. The van der Waals surface area contributed by atoms with Crippen LogP contribution in [0.1, 0.15) is 46.5 Å². The summed E-state index contributed by atoms with van der Waals surface area (Å²) in [4.78, 5) is 24.3. The van der Waals surface area contributed by atoms with Crippen molar-refractivity contribution in [1.29, 1.82) is 0 Å². The van der Waals surface area contributed by atoms with Crippen LogP contribution in [0.3, 0.4) is 0 Å². The lowest BCUT2D eigenvalue weighted by molar-refractivity contribution is 0.0941. The van der Waals surface area contributed by atoms with Crippen LogP contribution in [0, 0.1) is 5.92 Å². The quantitative estimate of drug-likeness (QED) is 0.712. The molecule has 0 fully saturated rings. The smallest absolute Gasteiger partial charge is 0.251 e. The van der Waals surface area contributed by atoms with Gasteiger partial charge in [0.1, 0.15) is 5.75 Å². The van der Waals surface area contributed by atoms with Crippen LogP contribution < -0.4 is 15.4 Å². The minimum absolute atomic E-state index is 0.109. The minimum atomic E-state index is -0.143. The van der Waals surface area contributed by atoms with Crippen molar-refractivity contribution in [3.05, 3.63) is 65.2 Å². The molecule has 2 aromatic carbocycles. The highest BCUT2D eigenvalue weighted by Crippen LogP contribution is 2.11. The predicted molar refractivity (Wildman–Crippen MR) is 107 cm³/mol. The number of nitrogens with one attached hydrogen (secondary N) is 2. The first-order chi connectivity index (χ1) is 13.0. The molecule has 5 heteroatoms. The summed E-state index contributed by atoms with van der Waals surface area (Å²) in [5.74, 6) is 1.11. The molecule has 2 rings (SSSR count). The maximum absolute atomic E-state index is 12.2. The van der Waals surface area contributed by atoms with Gasteiger partial charge in [0, 0.05) is 24.2 Å². The van der Waals surface area contributed by atoms with Crippen LogP contribution in [0.25, 0.3) is 0 Å². The second-order valence-electron chi connectivity index (χ2n) is 6.87. The van der Waals surface area contributed by atoms with Crippen LogP contribution in [0.2, 0.25) is 0 Å². The van der Waals surface area contributed by atoms with Gasteiger partial charge < -0.3 is 15.4 Å². The van der Waals surface area contributed by atoms with Crippen molar-refractivity contribution in [2.24, 2.45) is 5.92 Å². The number of hydrogen-bond acceptors (Lipinski definition) is 3. The van der Waals surface area contributed by atoms with E-state index in [1.807, 2.05) is 24.3 Å². The first kappa shape index (κ1) is 20.5. The van der Waals surface area contributed by atoms with Crippen molar-refractivity contribution >= 4 is 11.8 Å². The van der Waals surface area contributed by atoms with Crippen molar-refractivity contribution in [3.8, 4) is 5.75 Å². The van der Waals surface area contributed by atoms with E-state index in [-0.39, 0.29) is 11.8 Å². The van der Waals surface area contributed by atoms with Crippen molar-refractivity contribution in [1.82, 2.24) is 10.6 Å². The second kappa shape index (κ2) is 10.4. The molecule has 0 heterocycles. The van der Waals surface area contributed by atoms with E-state index in [4.69, 9.17) is 4.74 Å². The third kappa shape index (κ3) is 6.77. The third-order valence-corrected chi connectivity index (χ3v) is 4.27. The highest BCUT2D eigenvalue weighted by atomic mass is 16.5. The summed E-state index contributed by atoms with van der Waals surface area (Å²) in [6.45, 7) is 5.44. The largest absolute Gasteiger partial charge is 0.497 e. The van der Waals surface area contributed by atoms with Crippen LogP contribution in [0.4, 0.5) is 0 Å². The van der Waals surface area contributed by atoms with Crippen molar-refractivity contribution < 1.29 is 14.3 Å². The number of carbonyl (C=O) groups excluding carboxylic acids is 2. The van der Waals surface area contributed by atoms with Gasteiger partial charge in [-0.25, -0.2) is 0 Å². The number of rotatable bonds is 9. The molecule has 2 aromatic rings. The molecule has 0 radical (unpaired) electrons. The highest BCUT2D eigenvalue weighted by molar-refractivity contribution is 5.97. The lowest BCUT2D eigenvalue weighted by atomic mass is 10.1. The van der Waals surface area contributed by atoms with Crippen molar-refractivity contribution in [2.45, 2.75) is 26.7 Å². The Morgan fingerprint density at radius 2 is 1.37 bits per heavy atom. The summed E-state index contributed by atoms with van der Waals surface area (Å²) < 4.78 is 5.13. The maximum atomic E-state index is 12.2. The van der Waals surface area contributed by atoms with Gasteiger partial charge in [-0.3, -0.25) is 9.59 Å². The fraction of sp³-hybridized carbons (Fsp3) is 0.364. The lowest BCUT2D eigenvalue weighted by Crippen LogP contribution is -2.27. The Hall–Kier alpha value is -2.82. The zero-order valence-corrected chi connectivity index (χ0v) is 16.2. The van der Waals surface area contributed by atoms with E-state index < -0.39 is 0 Å². The maximum Gasteiger partial charge on any atom is 0.251 e. The number of ether oxygens (including phenoxy) is 1. The van der Waals surface area contributed by atoms with Crippen LogP contribution >= 0.6 is 0 Å². The van der Waals surface area contributed by atoms with E-state index in [1.165, 1.54) is 0 Å². The molecule has 0 saturated heterocycles. The zero-order valence-electron chi connectivity index (χ0n) is 16.2. The van der Waals surface area contributed by atoms with Gasteiger partial charge in [0.05, 0.1) is 7.11 Å². The van der Waals surface area contributed by atoms with Gasteiger partial charge in [-0.05, 0) is 60.7 Å².